The van der Waals surface area contributed by atoms with Gasteiger partial charge in [0.2, 0.25) is 0 Å². The van der Waals surface area contributed by atoms with Gasteiger partial charge in [-0.3, -0.25) is 9.59 Å². The van der Waals surface area contributed by atoms with E-state index in [1.165, 1.54) is 14.2 Å². The summed E-state index contributed by atoms with van der Waals surface area (Å²) in [5, 5.41) is 8.91. The molecular formula is C13H20O5. The summed E-state index contributed by atoms with van der Waals surface area (Å²) in [5.74, 6) is 3.44. The molecule has 0 aromatic heterocycles. The minimum absolute atomic E-state index is 0.385. The quantitative estimate of drug-likeness (QED) is 0.331. The highest BCUT2D eigenvalue weighted by Crippen LogP contribution is 2.13. The van der Waals surface area contributed by atoms with Crippen LogP contribution in [-0.2, 0) is 19.1 Å². The molecular weight excluding hydrogens is 236 g/mol. The Morgan fingerprint density at radius 2 is 1.72 bits per heavy atom. The van der Waals surface area contributed by atoms with E-state index in [2.05, 4.69) is 21.3 Å². The summed E-state index contributed by atoms with van der Waals surface area (Å²) in [7, 11) is 2.48. The Morgan fingerprint density at radius 1 is 1.17 bits per heavy atom. The molecule has 0 saturated heterocycles. The largest absolute Gasteiger partial charge is 0.468 e. The van der Waals surface area contributed by atoms with E-state index in [1.807, 2.05) is 0 Å². The maximum Gasteiger partial charge on any atom is 0.320 e. The van der Waals surface area contributed by atoms with E-state index in [-0.39, 0.29) is 0 Å². The molecule has 0 aliphatic carbocycles. The van der Waals surface area contributed by atoms with Crippen LogP contribution in [0.15, 0.2) is 0 Å². The van der Waals surface area contributed by atoms with Gasteiger partial charge in [0.1, 0.15) is 6.10 Å². The summed E-state index contributed by atoms with van der Waals surface area (Å²) in [6.07, 6.45) is 1.81. The molecule has 5 nitrogen and oxygen atoms in total. The van der Waals surface area contributed by atoms with Crippen LogP contribution in [0.4, 0.5) is 0 Å². The first kappa shape index (κ1) is 16.5. The predicted octanol–water partition coefficient (Wildman–Crippen LogP) is 0.893. The van der Waals surface area contributed by atoms with E-state index in [1.54, 1.807) is 6.92 Å². The molecule has 0 saturated carbocycles. The van der Waals surface area contributed by atoms with Crippen LogP contribution >= 0.6 is 0 Å². The fourth-order valence-electron chi connectivity index (χ4n) is 1.40. The average molecular weight is 256 g/mol. The Labute approximate surface area is 107 Å². The first-order chi connectivity index (χ1) is 8.52. The summed E-state index contributed by atoms with van der Waals surface area (Å²) in [4.78, 5) is 22.7. The fraction of sp³-hybridized carbons (Fsp3) is 0.692. The number of unbranched alkanes of at least 4 members (excludes halogenated alkanes) is 2. The molecule has 0 bridgehead atoms. The molecule has 0 aromatic rings. The van der Waals surface area contributed by atoms with Crippen molar-refractivity contribution in [2.75, 3.05) is 14.2 Å². The van der Waals surface area contributed by atoms with Crippen molar-refractivity contribution in [3.8, 4) is 11.8 Å². The van der Waals surface area contributed by atoms with Crippen molar-refractivity contribution < 1.29 is 24.2 Å². The normalized spacial score (nSPS) is 11.4. The third kappa shape index (κ3) is 6.92. The highest BCUT2D eigenvalue weighted by molar-refractivity contribution is 5.94. The molecule has 0 radical (unpaired) electrons. The molecule has 0 rings (SSSR count). The van der Waals surface area contributed by atoms with E-state index in [0.717, 1.165) is 6.42 Å². The van der Waals surface area contributed by atoms with Gasteiger partial charge in [0.25, 0.3) is 0 Å². The SMILES string of the molecule is COC(=O)C(CCCCC#CC(C)O)C(=O)OC. The van der Waals surface area contributed by atoms with Crippen molar-refractivity contribution in [2.45, 2.75) is 38.7 Å². The Kier molecular flexibility index (Phi) is 8.67. The van der Waals surface area contributed by atoms with E-state index in [0.29, 0.717) is 19.3 Å². The van der Waals surface area contributed by atoms with Gasteiger partial charge in [-0.2, -0.15) is 0 Å². The van der Waals surface area contributed by atoms with Crippen LogP contribution in [-0.4, -0.2) is 37.4 Å². The van der Waals surface area contributed by atoms with Crippen LogP contribution in [0, 0.1) is 17.8 Å². The third-order valence-corrected chi connectivity index (χ3v) is 2.33. The van der Waals surface area contributed by atoms with Gasteiger partial charge in [-0.1, -0.05) is 12.3 Å². The summed E-state index contributed by atoms with van der Waals surface area (Å²) in [6.45, 7) is 1.59. The number of carbonyl (C=O) groups is 2. The van der Waals surface area contributed by atoms with Crippen LogP contribution < -0.4 is 0 Å². The zero-order valence-electron chi connectivity index (χ0n) is 11.1. The molecule has 0 heterocycles. The number of ether oxygens (including phenoxy) is 2. The standard InChI is InChI=1S/C13H20O5/c1-10(14)8-6-4-5-7-9-11(12(15)17-2)13(16)18-3/h10-11,14H,4-5,7,9H2,1-3H3. The van der Waals surface area contributed by atoms with Gasteiger partial charge >= 0.3 is 11.9 Å². The zero-order chi connectivity index (χ0) is 14.0. The second-order valence-electron chi connectivity index (χ2n) is 3.84. The first-order valence-electron chi connectivity index (χ1n) is 5.85. The maximum atomic E-state index is 11.3. The van der Waals surface area contributed by atoms with Crippen molar-refractivity contribution in [3.05, 3.63) is 0 Å². The van der Waals surface area contributed by atoms with Crippen LogP contribution in [0.1, 0.15) is 32.6 Å². The average Bonchev–Trinajstić information content (AvgIpc) is 2.35. The highest BCUT2D eigenvalue weighted by atomic mass is 16.5. The lowest BCUT2D eigenvalue weighted by molar-refractivity contribution is -0.159. The Balaban J connectivity index is 4.03. The van der Waals surface area contributed by atoms with Gasteiger partial charge < -0.3 is 14.6 Å². The molecule has 102 valence electrons. The fourth-order valence-corrected chi connectivity index (χ4v) is 1.40. The number of methoxy groups -OCH3 is 2. The molecule has 0 spiro atoms. The Hall–Kier alpha value is -1.54. The van der Waals surface area contributed by atoms with Crippen LogP contribution in [0.5, 0.6) is 0 Å². The van der Waals surface area contributed by atoms with Crippen LogP contribution in [0.25, 0.3) is 0 Å². The van der Waals surface area contributed by atoms with Gasteiger partial charge in [-0.15, -0.1) is 5.92 Å². The van der Waals surface area contributed by atoms with E-state index in [4.69, 9.17) is 5.11 Å². The third-order valence-electron chi connectivity index (χ3n) is 2.33. The van der Waals surface area contributed by atoms with Gasteiger partial charge in [0.05, 0.1) is 14.2 Å². The van der Waals surface area contributed by atoms with E-state index in [9.17, 15) is 9.59 Å². The lowest BCUT2D eigenvalue weighted by Gasteiger charge is -2.11. The summed E-state index contributed by atoms with van der Waals surface area (Å²) in [6, 6.07) is 0. The number of hydrogen-bond acceptors (Lipinski definition) is 5. The molecule has 0 aromatic carbocycles. The van der Waals surface area contributed by atoms with Gasteiger partial charge in [0.15, 0.2) is 5.92 Å². The number of aliphatic hydroxyl groups excluding tert-OH is 1. The summed E-state index contributed by atoms with van der Waals surface area (Å²) < 4.78 is 9.09. The number of aliphatic hydroxyl groups is 1. The summed E-state index contributed by atoms with van der Waals surface area (Å²) in [5.41, 5.74) is 0. The van der Waals surface area contributed by atoms with Gasteiger partial charge in [-0.05, 0) is 19.8 Å². The molecule has 18 heavy (non-hydrogen) atoms. The predicted molar refractivity (Wildman–Crippen MR) is 65.4 cm³/mol. The molecule has 1 atom stereocenters. The topological polar surface area (TPSA) is 72.8 Å². The smallest absolute Gasteiger partial charge is 0.320 e. The van der Waals surface area contributed by atoms with Crippen molar-refractivity contribution in [3.63, 3.8) is 0 Å². The Bertz CT molecular complexity index is 308. The second kappa shape index (κ2) is 9.49. The number of rotatable bonds is 6. The minimum atomic E-state index is -0.857. The van der Waals surface area contributed by atoms with Crippen molar-refractivity contribution in [1.82, 2.24) is 0 Å². The summed E-state index contributed by atoms with van der Waals surface area (Å²) >= 11 is 0. The van der Waals surface area contributed by atoms with Gasteiger partial charge in [-0.25, -0.2) is 0 Å². The van der Waals surface area contributed by atoms with E-state index < -0.39 is 24.0 Å². The van der Waals surface area contributed by atoms with Crippen molar-refractivity contribution in [1.29, 1.82) is 0 Å². The maximum absolute atomic E-state index is 11.3. The monoisotopic (exact) mass is 256 g/mol. The lowest BCUT2D eigenvalue weighted by atomic mass is 10.0. The number of carbonyl (C=O) groups excluding carboxylic acids is 2. The van der Waals surface area contributed by atoms with Crippen molar-refractivity contribution >= 4 is 11.9 Å². The molecule has 0 aliphatic rings. The molecule has 0 amide bonds. The highest BCUT2D eigenvalue weighted by Gasteiger charge is 2.27. The second-order valence-corrected chi connectivity index (χ2v) is 3.84. The number of hydrogen-bond donors (Lipinski definition) is 1. The van der Waals surface area contributed by atoms with Crippen LogP contribution in [0.2, 0.25) is 0 Å². The minimum Gasteiger partial charge on any atom is -0.468 e. The number of esters is 2. The van der Waals surface area contributed by atoms with Gasteiger partial charge in [0, 0.05) is 6.42 Å². The van der Waals surface area contributed by atoms with Crippen LogP contribution in [0.3, 0.4) is 0 Å². The zero-order valence-corrected chi connectivity index (χ0v) is 11.1. The molecule has 5 heteroatoms. The molecule has 0 fully saturated rings. The first-order valence-corrected chi connectivity index (χ1v) is 5.85. The molecule has 1 unspecified atom stereocenters. The van der Waals surface area contributed by atoms with Crippen molar-refractivity contribution in [2.24, 2.45) is 5.92 Å². The molecule has 0 aliphatic heterocycles. The Morgan fingerprint density at radius 3 is 2.17 bits per heavy atom. The molecule has 1 N–H and O–H groups in total. The lowest BCUT2D eigenvalue weighted by Crippen LogP contribution is -2.26. The van der Waals surface area contributed by atoms with E-state index >= 15 is 0 Å².